The van der Waals surface area contributed by atoms with E-state index in [2.05, 4.69) is 9.88 Å². The van der Waals surface area contributed by atoms with Crippen LogP contribution in [-0.2, 0) is 12.7 Å². The number of aromatic nitrogens is 1. The van der Waals surface area contributed by atoms with E-state index in [1.165, 1.54) is 18.4 Å². The molecule has 3 aromatic carbocycles. The standard InChI is InChI=1S/C32H32F3N3O2/c1-20-14-26-29(15-21(20)2)40-19-23(31(26)39)18-37(3)12-13-38(4)30(22-8-7-9-24(16-22)32(33,34)35)27-17-36-28-11-6-5-10-25(27)28/h5-11,14-17,19,30,36H,12-13,18H2,1-4H3. The van der Waals surface area contributed by atoms with E-state index in [-0.39, 0.29) is 5.43 Å². The van der Waals surface area contributed by atoms with Gasteiger partial charge in [-0.1, -0.05) is 30.3 Å². The fourth-order valence-electron chi connectivity index (χ4n) is 5.24. The minimum atomic E-state index is -4.43. The topological polar surface area (TPSA) is 52.5 Å². The summed E-state index contributed by atoms with van der Waals surface area (Å²) in [5, 5.41) is 1.53. The summed E-state index contributed by atoms with van der Waals surface area (Å²) in [6.45, 7) is 5.47. The Morgan fingerprint density at radius 1 is 0.925 bits per heavy atom. The first-order chi connectivity index (χ1) is 19.0. The van der Waals surface area contributed by atoms with Crippen LogP contribution in [0.5, 0.6) is 0 Å². The fourth-order valence-corrected chi connectivity index (χ4v) is 5.24. The van der Waals surface area contributed by atoms with Crippen LogP contribution in [0, 0.1) is 13.8 Å². The van der Waals surface area contributed by atoms with Crippen molar-refractivity contribution in [3.63, 3.8) is 0 Å². The second-order valence-corrected chi connectivity index (χ2v) is 10.6. The van der Waals surface area contributed by atoms with Crippen LogP contribution in [0.3, 0.4) is 0 Å². The van der Waals surface area contributed by atoms with Crippen molar-refractivity contribution in [3.05, 3.63) is 117 Å². The zero-order chi connectivity index (χ0) is 28.6. The van der Waals surface area contributed by atoms with Gasteiger partial charge in [0.25, 0.3) is 0 Å². The number of para-hydroxylation sites is 1. The van der Waals surface area contributed by atoms with Crippen LogP contribution in [0.2, 0.25) is 0 Å². The van der Waals surface area contributed by atoms with E-state index in [4.69, 9.17) is 4.42 Å². The number of nitrogens with one attached hydrogen (secondary N) is 1. The van der Waals surface area contributed by atoms with Gasteiger partial charge in [0.2, 0.25) is 0 Å². The molecule has 0 radical (unpaired) electrons. The van der Waals surface area contributed by atoms with Gasteiger partial charge in [0.05, 0.1) is 23.3 Å². The van der Waals surface area contributed by atoms with Gasteiger partial charge in [-0.15, -0.1) is 0 Å². The summed E-state index contributed by atoms with van der Waals surface area (Å²) in [6, 6.07) is 16.6. The quantitative estimate of drug-likeness (QED) is 0.226. The van der Waals surface area contributed by atoms with Gasteiger partial charge in [0, 0.05) is 42.3 Å². The predicted octanol–water partition coefficient (Wildman–Crippen LogP) is 7.06. The molecule has 0 amide bonds. The molecule has 5 aromatic rings. The summed E-state index contributed by atoms with van der Waals surface area (Å²) in [4.78, 5) is 20.5. The Morgan fingerprint density at radius 3 is 2.45 bits per heavy atom. The van der Waals surface area contributed by atoms with Crippen LogP contribution in [0.25, 0.3) is 21.9 Å². The van der Waals surface area contributed by atoms with Gasteiger partial charge < -0.3 is 14.3 Å². The number of nitrogens with zero attached hydrogens (tertiary/aromatic N) is 2. The lowest BCUT2D eigenvalue weighted by molar-refractivity contribution is -0.137. The van der Waals surface area contributed by atoms with E-state index >= 15 is 0 Å². The lowest BCUT2D eigenvalue weighted by Crippen LogP contribution is -2.34. The van der Waals surface area contributed by atoms with E-state index in [0.29, 0.717) is 41.7 Å². The zero-order valence-corrected chi connectivity index (χ0v) is 23.0. The van der Waals surface area contributed by atoms with Crippen LogP contribution in [-0.4, -0.2) is 42.0 Å². The summed E-state index contributed by atoms with van der Waals surface area (Å²) in [5.74, 6) is 0. The molecule has 0 spiro atoms. The molecule has 1 N–H and O–H groups in total. The number of rotatable bonds is 8. The van der Waals surface area contributed by atoms with Crippen molar-refractivity contribution in [2.24, 2.45) is 0 Å². The van der Waals surface area contributed by atoms with Gasteiger partial charge in [0.15, 0.2) is 5.43 Å². The first kappa shape index (κ1) is 27.7. The first-order valence-electron chi connectivity index (χ1n) is 13.2. The summed E-state index contributed by atoms with van der Waals surface area (Å²) in [6.07, 6.45) is -1.03. The number of likely N-dealkylation sites (N-methyl/N-ethyl adjacent to an activating group) is 2. The number of fused-ring (bicyclic) bond motifs is 2. The Hall–Kier alpha value is -3.88. The number of hydrogen-bond acceptors (Lipinski definition) is 4. The molecule has 0 bridgehead atoms. The van der Waals surface area contributed by atoms with Crippen molar-refractivity contribution in [2.75, 3.05) is 27.2 Å². The van der Waals surface area contributed by atoms with Gasteiger partial charge in [-0.2, -0.15) is 13.2 Å². The number of hydrogen-bond donors (Lipinski definition) is 1. The SMILES string of the molecule is Cc1cc2occ(CN(C)CCN(C)C(c3cccc(C(F)(F)F)c3)c3c[nH]c4ccccc34)c(=O)c2cc1C. The number of alkyl halides is 3. The Morgan fingerprint density at radius 2 is 1.68 bits per heavy atom. The van der Waals surface area contributed by atoms with Crippen LogP contribution < -0.4 is 5.43 Å². The Bertz CT molecular complexity index is 1720. The van der Waals surface area contributed by atoms with Crippen LogP contribution in [0.1, 0.15) is 39.4 Å². The highest BCUT2D eigenvalue weighted by atomic mass is 19.4. The van der Waals surface area contributed by atoms with Gasteiger partial charge in [-0.25, -0.2) is 0 Å². The minimum absolute atomic E-state index is 0.0508. The summed E-state index contributed by atoms with van der Waals surface area (Å²) in [5.41, 5.74) is 4.90. The second kappa shape index (κ2) is 10.9. The lowest BCUT2D eigenvalue weighted by Gasteiger charge is -2.30. The van der Waals surface area contributed by atoms with E-state index < -0.39 is 17.8 Å². The normalized spacial score (nSPS) is 13.1. The lowest BCUT2D eigenvalue weighted by atomic mass is 9.95. The molecule has 0 aliphatic rings. The maximum Gasteiger partial charge on any atom is 0.416 e. The van der Waals surface area contributed by atoms with Crippen LogP contribution >= 0.6 is 0 Å². The Kier molecular flexibility index (Phi) is 7.57. The highest BCUT2D eigenvalue weighted by Gasteiger charge is 2.32. The molecular formula is C32H32F3N3O2. The molecule has 0 saturated heterocycles. The van der Waals surface area contributed by atoms with Gasteiger partial charge >= 0.3 is 6.18 Å². The average molecular weight is 548 g/mol. The third-order valence-electron chi connectivity index (χ3n) is 7.62. The van der Waals surface area contributed by atoms with Crippen molar-refractivity contribution in [2.45, 2.75) is 32.6 Å². The molecule has 208 valence electrons. The molecular weight excluding hydrogens is 515 g/mol. The van der Waals surface area contributed by atoms with E-state index in [1.54, 1.807) is 6.07 Å². The summed E-state index contributed by atoms with van der Waals surface area (Å²) in [7, 11) is 3.83. The third-order valence-corrected chi connectivity index (χ3v) is 7.62. The summed E-state index contributed by atoms with van der Waals surface area (Å²) < 4.78 is 46.6. The third kappa shape index (κ3) is 5.55. The van der Waals surface area contributed by atoms with Gasteiger partial charge in [0.1, 0.15) is 5.58 Å². The molecule has 8 heteroatoms. The largest absolute Gasteiger partial charge is 0.464 e. The smallest absolute Gasteiger partial charge is 0.416 e. The van der Waals surface area contributed by atoms with Crippen molar-refractivity contribution in [1.29, 1.82) is 0 Å². The number of H-pyrrole nitrogens is 1. The highest BCUT2D eigenvalue weighted by Crippen LogP contribution is 2.36. The van der Waals surface area contributed by atoms with Crippen LogP contribution in [0.15, 0.2) is 82.3 Å². The van der Waals surface area contributed by atoms with Gasteiger partial charge in [-0.05, 0) is 80.5 Å². The number of aryl methyl sites for hydroxylation is 2. The molecule has 0 saturated carbocycles. The van der Waals surface area contributed by atoms with Crippen molar-refractivity contribution in [1.82, 2.24) is 14.8 Å². The molecule has 2 heterocycles. The van der Waals surface area contributed by atoms with Gasteiger partial charge in [-0.3, -0.25) is 9.69 Å². The van der Waals surface area contributed by atoms with Crippen LogP contribution in [0.4, 0.5) is 13.2 Å². The van der Waals surface area contributed by atoms with E-state index in [9.17, 15) is 18.0 Å². The Balaban J connectivity index is 1.39. The number of aromatic amines is 1. The second-order valence-electron chi connectivity index (χ2n) is 10.6. The maximum atomic E-state index is 13.6. The zero-order valence-electron chi connectivity index (χ0n) is 23.0. The molecule has 2 aromatic heterocycles. The molecule has 0 aliphatic heterocycles. The van der Waals surface area contributed by atoms with E-state index in [1.807, 2.05) is 75.4 Å². The maximum absolute atomic E-state index is 13.6. The van der Waals surface area contributed by atoms with Crippen molar-refractivity contribution in [3.8, 4) is 0 Å². The van der Waals surface area contributed by atoms with E-state index in [0.717, 1.165) is 33.7 Å². The summed E-state index contributed by atoms with van der Waals surface area (Å²) >= 11 is 0. The number of benzene rings is 3. The Labute approximate surface area is 230 Å². The molecule has 5 nitrogen and oxygen atoms in total. The predicted molar refractivity (Wildman–Crippen MR) is 153 cm³/mol. The minimum Gasteiger partial charge on any atom is -0.464 e. The molecule has 40 heavy (non-hydrogen) atoms. The molecule has 0 aliphatic carbocycles. The molecule has 0 fully saturated rings. The van der Waals surface area contributed by atoms with Crippen molar-refractivity contribution >= 4 is 21.9 Å². The monoisotopic (exact) mass is 547 g/mol. The molecule has 5 rings (SSSR count). The fraction of sp³-hybridized carbons (Fsp3) is 0.281. The molecule has 1 atom stereocenters. The first-order valence-corrected chi connectivity index (χ1v) is 13.2. The highest BCUT2D eigenvalue weighted by molar-refractivity contribution is 5.84. The van der Waals surface area contributed by atoms with Crippen molar-refractivity contribution < 1.29 is 17.6 Å². The average Bonchev–Trinajstić information content (AvgIpc) is 3.34. The molecule has 1 unspecified atom stereocenters. The number of halogens is 3.